The molecule has 3 aliphatic rings. The number of benzene rings is 1. The number of hydrogen-bond donors (Lipinski definition) is 1. The monoisotopic (exact) mass is 532 g/mol. The van der Waals surface area contributed by atoms with Crippen LogP contribution >= 0.6 is 22.9 Å². The SMILES string of the molecule is CN1CCC(C2CCN(C(=O)[C@@H](CN3CCOCC3)NC(=O)c3cc4ccc(Cl)cc4s3)CC2)CC1. The largest absolute Gasteiger partial charge is 0.379 e. The minimum atomic E-state index is -0.565. The lowest BCUT2D eigenvalue weighted by molar-refractivity contribution is -0.135. The number of halogens is 1. The molecule has 3 fully saturated rings. The van der Waals surface area contributed by atoms with Gasteiger partial charge in [-0.15, -0.1) is 11.3 Å². The highest BCUT2D eigenvalue weighted by molar-refractivity contribution is 7.20. The Morgan fingerprint density at radius 2 is 1.69 bits per heavy atom. The molecule has 4 heterocycles. The number of fused-ring (bicyclic) bond motifs is 1. The minimum absolute atomic E-state index is 0.0424. The molecule has 196 valence electrons. The first-order chi connectivity index (χ1) is 17.5. The molecule has 0 radical (unpaired) electrons. The molecule has 5 rings (SSSR count). The zero-order chi connectivity index (χ0) is 25.1. The van der Waals surface area contributed by atoms with Crippen molar-refractivity contribution in [1.29, 1.82) is 0 Å². The molecule has 1 N–H and O–H groups in total. The fourth-order valence-corrected chi connectivity index (χ4v) is 7.13. The van der Waals surface area contributed by atoms with Crippen molar-refractivity contribution in [2.24, 2.45) is 11.8 Å². The Bertz CT molecular complexity index is 1060. The first-order valence-corrected chi connectivity index (χ1v) is 14.4. The summed E-state index contributed by atoms with van der Waals surface area (Å²) in [6, 6.07) is 6.95. The third-order valence-electron chi connectivity index (χ3n) is 8.13. The van der Waals surface area contributed by atoms with Crippen molar-refractivity contribution < 1.29 is 14.3 Å². The number of amides is 2. The average molecular weight is 533 g/mol. The Morgan fingerprint density at radius 3 is 2.39 bits per heavy atom. The third kappa shape index (κ3) is 6.22. The Kier molecular flexibility index (Phi) is 8.48. The van der Waals surface area contributed by atoms with E-state index in [-0.39, 0.29) is 11.8 Å². The summed E-state index contributed by atoms with van der Waals surface area (Å²) in [5, 5.41) is 4.73. The van der Waals surface area contributed by atoms with Crippen LogP contribution in [0.1, 0.15) is 35.4 Å². The Balaban J connectivity index is 1.24. The molecule has 36 heavy (non-hydrogen) atoms. The summed E-state index contributed by atoms with van der Waals surface area (Å²) < 4.78 is 6.46. The molecule has 0 saturated carbocycles. The summed E-state index contributed by atoms with van der Waals surface area (Å²) >= 11 is 7.54. The first-order valence-electron chi connectivity index (χ1n) is 13.2. The molecule has 1 aromatic carbocycles. The van der Waals surface area contributed by atoms with Crippen LogP contribution < -0.4 is 5.32 Å². The van der Waals surface area contributed by atoms with Gasteiger partial charge < -0.3 is 19.9 Å². The van der Waals surface area contributed by atoms with Gasteiger partial charge in [0.05, 0.1) is 18.1 Å². The topological polar surface area (TPSA) is 65.1 Å². The van der Waals surface area contributed by atoms with Crippen LogP contribution in [-0.2, 0) is 9.53 Å². The molecule has 0 bridgehead atoms. The van der Waals surface area contributed by atoms with Crippen LogP contribution in [-0.4, -0.2) is 98.6 Å². The van der Waals surface area contributed by atoms with Crippen LogP contribution in [0.4, 0.5) is 0 Å². The Labute approximate surface area is 222 Å². The van der Waals surface area contributed by atoms with E-state index in [2.05, 4.69) is 22.2 Å². The maximum atomic E-state index is 13.7. The van der Waals surface area contributed by atoms with Gasteiger partial charge in [-0.1, -0.05) is 17.7 Å². The number of carbonyl (C=O) groups is 2. The molecule has 7 nitrogen and oxygen atoms in total. The average Bonchev–Trinajstić information content (AvgIpc) is 3.32. The molecule has 0 spiro atoms. The second-order valence-corrected chi connectivity index (χ2v) is 12.1. The molecule has 3 aliphatic heterocycles. The predicted octanol–water partition coefficient (Wildman–Crippen LogP) is 3.57. The number of thiophene rings is 1. The molecule has 3 saturated heterocycles. The third-order valence-corrected chi connectivity index (χ3v) is 9.47. The van der Waals surface area contributed by atoms with Crippen molar-refractivity contribution in [3.8, 4) is 0 Å². The molecular formula is C27H37ClN4O3S. The molecule has 2 aromatic rings. The van der Waals surface area contributed by atoms with Crippen molar-refractivity contribution in [1.82, 2.24) is 20.0 Å². The normalized spacial score (nSPS) is 22.1. The minimum Gasteiger partial charge on any atom is -0.379 e. The predicted molar refractivity (Wildman–Crippen MR) is 145 cm³/mol. The van der Waals surface area contributed by atoms with Gasteiger partial charge in [0.2, 0.25) is 5.91 Å². The van der Waals surface area contributed by atoms with Crippen LogP contribution in [0, 0.1) is 11.8 Å². The molecule has 0 aliphatic carbocycles. The summed E-state index contributed by atoms with van der Waals surface area (Å²) in [5.41, 5.74) is 0. The van der Waals surface area contributed by atoms with Crippen molar-refractivity contribution in [3.63, 3.8) is 0 Å². The standard InChI is InChI=1S/C27H37ClN4O3S/c1-30-8-4-19(5-9-30)20-6-10-32(11-7-20)27(34)23(18-31-12-14-35-15-13-31)29-26(33)25-16-21-2-3-22(28)17-24(21)36-25/h2-3,16-17,19-20,23H,4-15,18H2,1H3,(H,29,33)/t23-/m1/s1. The molecule has 0 unspecified atom stereocenters. The number of rotatable bonds is 6. The molecule has 1 atom stereocenters. The van der Waals surface area contributed by atoms with Gasteiger partial charge in [0.1, 0.15) is 6.04 Å². The van der Waals surface area contributed by atoms with Crippen LogP contribution in [0.15, 0.2) is 24.3 Å². The molecular weight excluding hydrogens is 496 g/mol. The van der Waals surface area contributed by atoms with E-state index >= 15 is 0 Å². The molecule has 9 heteroatoms. The van der Waals surface area contributed by atoms with Gasteiger partial charge in [0, 0.05) is 42.4 Å². The van der Waals surface area contributed by atoms with Gasteiger partial charge in [-0.2, -0.15) is 0 Å². The van der Waals surface area contributed by atoms with E-state index in [1.165, 1.54) is 37.3 Å². The van der Waals surface area contributed by atoms with Gasteiger partial charge in [0.15, 0.2) is 0 Å². The maximum absolute atomic E-state index is 13.7. The fourth-order valence-electron chi connectivity index (χ4n) is 5.89. The quantitative estimate of drug-likeness (QED) is 0.616. The zero-order valence-corrected chi connectivity index (χ0v) is 22.7. The second-order valence-electron chi connectivity index (χ2n) is 10.5. The maximum Gasteiger partial charge on any atom is 0.262 e. The number of hydrogen-bond acceptors (Lipinski definition) is 6. The van der Waals surface area contributed by atoms with Crippen molar-refractivity contribution in [3.05, 3.63) is 34.2 Å². The lowest BCUT2D eigenvalue weighted by Gasteiger charge is -2.40. The van der Waals surface area contributed by atoms with Crippen molar-refractivity contribution in [2.75, 3.05) is 66.1 Å². The van der Waals surface area contributed by atoms with Crippen LogP contribution in [0.25, 0.3) is 10.1 Å². The van der Waals surface area contributed by atoms with E-state index in [1.54, 1.807) is 0 Å². The smallest absolute Gasteiger partial charge is 0.262 e. The molecule has 1 aromatic heterocycles. The number of nitrogens with one attached hydrogen (secondary N) is 1. The van der Waals surface area contributed by atoms with E-state index in [9.17, 15) is 9.59 Å². The first kappa shape index (κ1) is 25.9. The number of likely N-dealkylation sites (tertiary alicyclic amines) is 2. The van der Waals surface area contributed by atoms with Gasteiger partial charge in [-0.25, -0.2) is 0 Å². The lowest BCUT2D eigenvalue weighted by atomic mass is 9.79. The Morgan fingerprint density at radius 1 is 1.03 bits per heavy atom. The van der Waals surface area contributed by atoms with Gasteiger partial charge >= 0.3 is 0 Å². The number of morpholine rings is 1. The van der Waals surface area contributed by atoms with Gasteiger partial charge in [-0.05, 0) is 81.2 Å². The Hall–Kier alpha value is -1.71. The zero-order valence-electron chi connectivity index (χ0n) is 21.1. The number of ether oxygens (including phenoxy) is 1. The van der Waals surface area contributed by atoms with E-state index in [1.807, 2.05) is 29.2 Å². The van der Waals surface area contributed by atoms with E-state index in [0.717, 1.165) is 55.0 Å². The van der Waals surface area contributed by atoms with Gasteiger partial charge in [0.25, 0.3) is 5.91 Å². The summed E-state index contributed by atoms with van der Waals surface area (Å²) in [7, 11) is 2.20. The summed E-state index contributed by atoms with van der Waals surface area (Å²) in [5.74, 6) is 1.34. The lowest BCUT2D eigenvalue weighted by Crippen LogP contribution is -2.56. The highest BCUT2D eigenvalue weighted by Gasteiger charge is 2.34. The van der Waals surface area contributed by atoms with Crippen molar-refractivity contribution >= 4 is 44.8 Å². The summed E-state index contributed by atoms with van der Waals surface area (Å²) in [6.07, 6.45) is 4.67. The van der Waals surface area contributed by atoms with E-state index in [4.69, 9.17) is 16.3 Å². The van der Waals surface area contributed by atoms with E-state index in [0.29, 0.717) is 35.6 Å². The summed E-state index contributed by atoms with van der Waals surface area (Å²) in [4.78, 5) is 34.2. The molecule has 2 amide bonds. The van der Waals surface area contributed by atoms with Crippen LogP contribution in [0.3, 0.4) is 0 Å². The fraction of sp³-hybridized carbons (Fsp3) is 0.630. The highest BCUT2D eigenvalue weighted by Crippen LogP contribution is 2.32. The van der Waals surface area contributed by atoms with E-state index < -0.39 is 6.04 Å². The van der Waals surface area contributed by atoms with Crippen LogP contribution in [0.5, 0.6) is 0 Å². The highest BCUT2D eigenvalue weighted by atomic mass is 35.5. The van der Waals surface area contributed by atoms with Crippen molar-refractivity contribution in [2.45, 2.75) is 31.7 Å². The number of nitrogens with zero attached hydrogens (tertiary/aromatic N) is 3. The summed E-state index contributed by atoms with van der Waals surface area (Å²) in [6.45, 7) is 7.32. The second kappa shape index (κ2) is 11.8. The number of carbonyl (C=O) groups excluding carboxylic acids is 2. The van der Waals surface area contributed by atoms with Gasteiger partial charge in [-0.3, -0.25) is 14.5 Å². The number of piperidine rings is 2. The van der Waals surface area contributed by atoms with Crippen LogP contribution in [0.2, 0.25) is 5.02 Å².